The molecule has 0 spiro atoms. The van der Waals surface area contributed by atoms with Crippen LogP contribution in [0.5, 0.6) is 11.5 Å². The lowest BCUT2D eigenvalue weighted by Gasteiger charge is -2.15. The number of hydrogen-bond acceptors (Lipinski definition) is 5. The molecule has 1 heterocycles. The second kappa shape index (κ2) is 8.79. The molecule has 152 valence electrons. The third-order valence-electron chi connectivity index (χ3n) is 4.64. The fraction of sp³-hybridized carbons (Fsp3) is 0.273. The zero-order valence-electron chi connectivity index (χ0n) is 17.2. The number of hydrogen-bond donors (Lipinski definition) is 2. The molecule has 7 heteroatoms. The number of rotatable bonds is 7. The second-order valence-corrected chi connectivity index (χ2v) is 6.79. The zero-order valence-corrected chi connectivity index (χ0v) is 17.2. The number of nitrogens with two attached hydrogens (primary N) is 1. The van der Waals surface area contributed by atoms with Crippen molar-refractivity contribution >= 4 is 11.6 Å². The summed E-state index contributed by atoms with van der Waals surface area (Å²) in [6, 6.07) is 11.1. The Labute approximate surface area is 170 Å². The molecule has 0 aliphatic carbocycles. The molecule has 0 saturated carbocycles. The molecular weight excluding hydrogens is 368 g/mol. The average molecular weight is 394 g/mol. The summed E-state index contributed by atoms with van der Waals surface area (Å²) in [4.78, 5) is 12.8. The van der Waals surface area contributed by atoms with Gasteiger partial charge in [0.1, 0.15) is 18.1 Å². The van der Waals surface area contributed by atoms with Crippen molar-refractivity contribution in [1.82, 2.24) is 9.78 Å². The summed E-state index contributed by atoms with van der Waals surface area (Å²) in [6.45, 7) is 4.67. The van der Waals surface area contributed by atoms with Crippen LogP contribution in [0.4, 0.5) is 5.69 Å². The molecule has 0 atom stereocenters. The summed E-state index contributed by atoms with van der Waals surface area (Å²) >= 11 is 0. The molecule has 3 N–H and O–H groups in total. The van der Waals surface area contributed by atoms with Gasteiger partial charge in [0.2, 0.25) is 0 Å². The van der Waals surface area contributed by atoms with Gasteiger partial charge in [0.15, 0.2) is 0 Å². The van der Waals surface area contributed by atoms with Crippen molar-refractivity contribution in [2.24, 2.45) is 12.8 Å². The summed E-state index contributed by atoms with van der Waals surface area (Å²) in [5.41, 5.74) is 10.4. The van der Waals surface area contributed by atoms with Crippen molar-refractivity contribution in [1.29, 1.82) is 0 Å². The van der Waals surface area contributed by atoms with Gasteiger partial charge in [-0.3, -0.25) is 9.48 Å². The van der Waals surface area contributed by atoms with E-state index in [1.165, 1.54) is 0 Å². The van der Waals surface area contributed by atoms with E-state index in [-0.39, 0.29) is 5.91 Å². The van der Waals surface area contributed by atoms with Gasteiger partial charge in [-0.1, -0.05) is 0 Å². The van der Waals surface area contributed by atoms with Crippen LogP contribution in [0.2, 0.25) is 0 Å². The number of carbonyl (C=O) groups is 1. The number of aromatic nitrogens is 2. The molecule has 0 fully saturated rings. The lowest BCUT2D eigenvalue weighted by molar-refractivity contribution is 0.102. The maximum atomic E-state index is 12.8. The number of benzene rings is 2. The Bertz CT molecular complexity index is 1000. The average Bonchev–Trinajstić information content (AvgIpc) is 3.12. The molecule has 2 aromatic carbocycles. The smallest absolute Gasteiger partial charge is 0.255 e. The number of ether oxygens (including phenoxy) is 2. The van der Waals surface area contributed by atoms with Crippen molar-refractivity contribution < 1.29 is 14.3 Å². The van der Waals surface area contributed by atoms with Crippen LogP contribution in [0.25, 0.3) is 11.3 Å². The van der Waals surface area contributed by atoms with Crippen LogP contribution in [0, 0.1) is 13.8 Å². The van der Waals surface area contributed by atoms with Crippen LogP contribution in [0.15, 0.2) is 42.6 Å². The van der Waals surface area contributed by atoms with Crippen LogP contribution in [-0.2, 0) is 7.05 Å². The van der Waals surface area contributed by atoms with E-state index in [9.17, 15) is 4.79 Å². The Kier molecular flexibility index (Phi) is 6.19. The van der Waals surface area contributed by atoms with E-state index in [0.717, 1.165) is 28.1 Å². The van der Waals surface area contributed by atoms with Crippen LogP contribution in [0.3, 0.4) is 0 Å². The van der Waals surface area contributed by atoms with Crippen molar-refractivity contribution in [3.63, 3.8) is 0 Å². The van der Waals surface area contributed by atoms with Crippen LogP contribution in [-0.4, -0.2) is 35.9 Å². The fourth-order valence-corrected chi connectivity index (χ4v) is 3.35. The standard InChI is InChI=1S/C22H26N4O3/c1-14-11-16(12-15(2)21(14)28-4)22(27)25-17-5-6-20(29-10-8-23)18(13-17)19-7-9-24-26(19)3/h5-7,9,11-13H,8,10,23H2,1-4H3,(H,25,27). The summed E-state index contributed by atoms with van der Waals surface area (Å²) in [5, 5.41) is 7.19. The number of nitrogens with zero attached hydrogens (tertiary/aromatic N) is 2. The Hall–Kier alpha value is -3.32. The predicted octanol–water partition coefficient (Wildman–Crippen LogP) is 3.30. The number of nitrogens with one attached hydrogen (secondary N) is 1. The fourth-order valence-electron chi connectivity index (χ4n) is 3.35. The monoisotopic (exact) mass is 394 g/mol. The highest BCUT2D eigenvalue weighted by molar-refractivity contribution is 6.05. The highest BCUT2D eigenvalue weighted by atomic mass is 16.5. The lowest BCUT2D eigenvalue weighted by atomic mass is 10.0. The summed E-state index contributed by atoms with van der Waals surface area (Å²) < 4.78 is 12.9. The lowest BCUT2D eigenvalue weighted by Crippen LogP contribution is -2.14. The van der Waals surface area contributed by atoms with Crippen LogP contribution < -0.4 is 20.5 Å². The third-order valence-corrected chi connectivity index (χ3v) is 4.64. The van der Waals surface area contributed by atoms with E-state index >= 15 is 0 Å². The van der Waals surface area contributed by atoms with Gasteiger partial charge in [0.25, 0.3) is 5.91 Å². The van der Waals surface area contributed by atoms with E-state index in [1.54, 1.807) is 18.0 Å². The van der Waals surface area contributed by atoms with E-state index in [4.69, 9.17) is 15.2 Å². The van der Waals surface area contributed by atoms with E-state index in [0.29, 0.717) is 30.2 Å². The zero-order chi connectivity index (χ0) is 21.0. The first-order valence-electron chi connectivity index (χ1n) is 9.36. The van der Waals surface area contributed by atoms with Gasteiger partial charge in [-0.15, -0.1) is 0 Å². The topological polar surface area (TPSA) is 91.4 Å². The van der Waals surface area contributed by atoms with Gasteiger partial charge in [-0.05, 0) is 61.4 Å². The quantitative estimate of drug-likeness (QED) is 0.642. The molecule has 0 aliphatic heterocycles. The Morgan fingerprint density at radius 2 is 1.90 bits per heavy atom. The molecule has 0 saturated heterocycles. The number of carbonyl (C=O) groups excluding carboxylic acids is 1. The Balaban J connectivity index is 1.91. The largest absolute Gasteiger partial charge is 0.496 e. The molecule has 0 unspecified atom stereocenters. The maximum absolute atomic E-state index is 12.8. The molecule has 0 aliphatic rings. The minimum Gasteiger partial charge on any atom is -0.496 e. The molecule has 29 heavy (non-hydrogen) atoms. The molecule has 1 amide bonds. The number of amides is 1. The first-order valence-corrected chi connectivity index (χ1v) is 9.36. The molecule has 3 aromatic rings. The van der Waals surface area contributed by atoms with Gasteiger partial charge in [0.05, 0.1) is 12.8 Å². The third kappa shape index (κ3) is 4.41. The van der Waals surface area contributed by atoms with Crippen molar-refractivity contribution in [2.75, 3.05) is 25.6 Å². The van der Waals surface area contributed by atoms with Crippen molar-refractivity contribution in [3.8, 4) is 22.8 Å². The summed E-state index contributed by atoms with van der Waals surface area (Å²) in [6.07, 6.45) is 1.72. The van der Waals surface area contributed by atoms with Gasteiger partial charge in [-0.25, -0.2) is 0 Å². The highest BCUT2D eigenvalue weighted by Gasteiger charge is 2.15. The molecule has 7 nitrogen and oxygen atoms in total. The van der Waals surface area contributed by atoms with Crippen LogP contribution in [0.1, 0.15) is 21.5 Å². The minimum atomic E-state index is -0.189. The van der Waals surface area contributed by atoms with E-state index < -0.39 is 0 Å². The Morgan fingerprint density at radius 3 is 2.48 bits per heavy atom. The number of aryl methyl sites for hydroxylation is 3. The van der Waals surface area contributed by atoms with Gasteiger partial charge in [-0.2, -0.15) is 5.10 Å². The van der Waals surface area contributed by atoms with Crippen molar-refractivity contribution in [2.45, 2.75) is 13.8 Å². The van der Waals surface area contributed by atoms with Crippen molar-refractivity contribution in [3.05, 3.63) is 59.3 Å². The molecule has 3 rings (SSSR count). The highest BCUT2D eigenvalue weighted by Crippen LogP contribution is 2.33. The number of anilines is 1. The first-order chi connectivity index (χ1) is 13.9. The maximum Gasteiger partial charge on any atom is 0.255 e. The van der Waals surface area contributed by atoms with Gasteiger partial charge in [0, 0.05) is 36.6 Å². The Morgan fingerprint density at radius 1 is 1.17 bits per heavy atom. The van der Waals surface area contributed by atoms with Crippen LogP contribution >= 0.6 is 0 Å². The van der Waals surface area contributed by atoms with E-state index in [1.807, 2.05) is 57.3 Å². The first kappa shape index (κ1) is 20.4. The van der Waals surface area contributed by atoms with Gasteiger partial charge >= 0.3 is 0 Å². The second-order valence-electron chi connectivity index (χ2n) is 6.79. The SMILES string of the molecule is COc1c(C)cc(C(=O)Nc2ccc(OCCN)c(-c3ccnn3C)c2)cc1C. The molecule has 1 aromatic heterocycles. The number of methoxy groups -OCH3 is 1. The summed E-state index contributed by atoms with van der Waals surface area (Å²) in [5.74, 6) is 1.29. The molecule has 0 bridgehead atoms. The minimum absolute atomic E-state index is 0.189. The van der Waals surface area contributed by atoms with Gasteiger partial charge < -0.3 is 20.5 Å². The normalized spacial score (nSPS) is 10.7. The summed E-state index contributed by atoms with van der Waals surface area (Å²) in [7, 11) is 3.49. The van der Waals surface area contributed by atoms with E-state index in [2.05, 4.69) is 10.4 Å². The molecular formula is C22H26N4O3. The molecule has 0 radical (unpaired) electrons. The predicted molar refractivity (Wildman–Crippen MR) is 114 cm³/mol.